The van der Waals surface area contributed by atoms with Crippen LogP contribution in [0.3, 0.4) is 0 Å². The number of ether oxygens (including phenoxy) is 1. The van der Waals surface area contributed by atoms with E-state index in [4.69, 9.17) is 32.4 Å². The van der Waals surface area contributed by atoms with Crippen molar-refractivity contribution in [1.82, 2.24) is 4.90 Å². The first kappa shape index (κ1) is 22.7. The number of rotatable bonds is 6. The first-order valence-corrected chi connectivity index (χ1v) is 12.5. The molecule has 0 bridgehead atoms. The molecule has 0 N–H and O–H groups in total. The number of benzene rings is 2. The highest BCUT2D eigenvalue weighted by atomic mass is 35.5. The van der Waals surface area contributed by atoms with E-state index < -0.39 is 15.9 Å². The molecular weight excluding hydrogens is 473 g/mol. The van der Waals surface area contributed by atoms with Gasteiger partial charge < -0.3 is 14.1 Å². The first-order chi connectivity index (χ1) is 15.3. The highest BCUT2D eigenvalue weighted by molar-refractivity contribution is 7.91. The smallest absolute Gasteiger partial charge is 0.258 e. The molecule has 1 aliphatic rings. The number of halogens is 2. The second kappa shape index (κ2) is 9.17. The molecule has 1 atom stereocenters. The van der Waals surface area contributed by atoms with Crippen molar-refractivity contribution in [3.63, 3.8) is 0 Å². The van der Waals surface area contributed by atoms with E-state index >= 15 is 0 Å². The molecule has 2 aromatic carbocycles. The molecule has 3 aromatic rings. The van der Waals surface area contributed by atoms with E-state index in [0.717, 1.165) is 0 Å². The molecule has 0 spiro atoms. The molecule has 0 saturated carbocycles. The number of carbonyl (C=O) groups excluding carboxylic acids is 1. The number of carbonyl (C=O) groups is 1. The lowest BCUT2D eigenvalue weighted by Crippen LogP contribution is -2.40. The van der Waals surface area contributed by atoms with Gasteiger partial charge in [-0.2, -0.15) is 0 Å². The molecule has 1 aliphatic heterocycles. The standard InChI is InChI=1S/C23H21Cl2NO5S/c1-30-21-5-3-2-4-18(21)23(27)26(16-10-11-32(28,29)14-16)13-17-7-9-22(31-17)19-12-15(24)6-8-20(19)25/h2-9,12,16H,10-11,13-14H2,1H3/t16-/m1/s1. The summed E-state index contributed by atoms with van der Waals surface area (Å²) in [5.74, 6) is 1.09. The van der Waals surface area contributed by atoms with Crippen LogP contribution in [0.5, 0.6) is 5.75 Å². The van der Waals surface area contributed by atoms with Crippen LogP contribution in [-0.2, 0) is 16.4 Å². The molecule has 1 saturated heterocycles. The predicted octanol–water partition coefficient (Wildman–Crippen LogP) is 5.09. The van der Waals surface area contributed by atoms with Gasteiger partial charge in [-0.05, 0) is 48.9 Å². The summed E-state index contributed by atoms with van der Waals surface area (Å²) in [6, 6.07) is 15.0. The zero-order valence-corrected chi connectivity index (χ0v) is 19.6. The van der Waals surface area contributed by atoms with Gasteiger partial charge in [-0.15, -0.1) is 0 Å². The number of amides is 1. The molecule has 6 nitrogen and oxygen atoms in total. The Morgan fingerprint density at radius 3 is 2.66 bits per heavy atom. The number of sulfone groups is 1. The first-order valence-electron chi connectivity index (χ1n) is 9.96. The average Bonchev–Trinajstić information content (AvgIpc) is 3.39. The van der Waals surface area contributed by atoms with Crippen LogP contribution in [0.15, 0.2) is 59.0 Å². The minimum Gasteiger partial charge on any atom is -0.496 e. The minimum atomic E-state index is -3.20. The molecule has 1 amide bonds. The lowest BCUT2D eigenvalue weighted by Gasteiger charge is -2.28. The van der Waals surface area contributed by atoms with Crippen molar-refractivity contribution in [1.29, 1.82) is 0 Å². The molecule has 1 fully saturated rings. The van der Waals surface area contributed by atoms with Gasteiger partial charge in [-0.1, -0.05) is 35.3 Å². The van der Waals surface area contributed by atoms with Gasteiger partial charge in [0.1, 0.15) is 17.3 Å². The molecule has 4 rings (SSSR count). The summed E-state index contributed by atoms with van der Waals surface area (Å²) >= 11 is 12.4. The van der Waals surface area contributed by atoms with Gasteiger partial charge in [-0.25, -0.2) is 8.42 Å². The maximum atomic E-state index is 13.5. The van der Waals surface area contributed by atoms with Crippen molar-refractivity contribution in [3.05, 3.63) is 76.0 Å². The van der Waals surface area contributed by atoms with Crippen molar-refractivity contribution >= 4 is 38.9 Å². The average molecular weight is 494 g/mol. The van der Waals surface area contributed by atoms with Gasteiger partial charge in [-0.3, -0.25) is 4.79 Å². The summed E-state index contributed by atoms with van der Waals surface area (Å²) in [4.78, 5) is 15.0. The fourth-order valence-corrected chi connectivity index (χ4v) is 5.94. The predicted molar refractivity (Wildman–Crippen MR) is 124 cm³/mol. The third-order valence-corrected chi connectivity index (χ3v) is 7.74. The second-order valence-electron chi connectivity index (χ2n) is 7.58. The van der Waals surface area contributed by atoms with Crippen LogP contribution in [0.1, 0.15) is 22.5 Å². The van der Waals surface area contributed by atoms with E-state index in [0.29, 0.717) is 44.9 Å². The topological polar surface area (TPSA) is 76.8 Å². The quantitative estimate of drug-likeness (QED) is 0.477. The molecule has 0 unspecified atom stereocenters. The Morgan fingerprint density at radius 2 is 1.94 bits per heavy atom. The fraction of sp³-hybridized carbons (Fsp3) is 0.261. The van der Waals surface area contributed by atoms with Gasteiger partial charge in [0.2, 0.25) is 0 Å². The Labute approximate surface area is 196 Å². The zero-order valence-electron chi connectivity index (χ0n) is 17.3. The Hall–Kier alpha value is -2.48. The molecule has 9 heteroatoms. The number of furan rings is 1. The normalized spacial score (nSPS) is 17.3. The van der Waals surface area contributed by atoms with Crippen LogP contribution in [0.4, 0.5) is 0 Å². The van der Waals surface area contributed by atoms with Gasteiger partial charge in [0.05, 0.1) is 35.7 Å². The maximum absolute atomic E-state index is 13.5. The molecular formula is C23H21Cl2NO5S. The highest BCUT2D eigenvalue weighted by Crippen LogP contribution is 2.33. The Bertz CT molecular complexity index is 1250. The maximum Gasteiger partial charge on any atom is 0.258 e. The van der Waals surface area contributed by atoms with Crippen LogP contribution in [0.2, 0.25) is 10.0 Å². The third kappa shape index (κ3) is 4.80. The van der Waals surface area contributed by atoms with Crippen molar-refractivity contribution in [2.75, 3.05) is 18.6 Å². The Balaban J connectivity index is 1.66. The van der Waals surface area contributed by atoms with Crippen molar-refractivity contribution < 1.29 is 22.4 Å². The number of hydrogen-bond acceptors (Lipinski definition) is 5. The van der Waals surface area contributed by atoms with E-state index in [9.17, 15) is 13.2 Å². The second-order valence-corrected chi connectivity index (χ2v) is 10.7. The van der Waals surface area contributed by atoms with E-state index in [2.05, 4.69) is 0 Å². The Morgan fingerprint density at radius 1 is 1.16 bits per heavy atom. The summed E-state index contributed by atoms with van der Waals surface area (Å²) in [5.41, 5.74) is 1.00. The van der Waals surface area contributed by atoms with Gasteiger partial charge in [0, 0.05) is 16.6 Å². The zero-order chi connectivity index (χ0) is 22.9. The number of methoxy groups -OCH3 is 1. The van der Waals surface area contributed by atoms with Gasteiger partial charge in [0.25, 0.3) is 5.91 Å². The molecule has 2 heterocycles. The monoisotopic (exact) mass is 493 g/mol. The highest BCUT2D eigenvalue weighted by Gasteiger charge is 2.36. The summed E-state index contributed by atoms with van der Waals surface area (Å²) in [5, 5.41) is 1.01. The lowest BCUT2D eigenvalue weighted by molar-refractivity contribution is 0.0663. The molecule has 168 valence electrons. The van der Waals surface area contributed by atoms with Crippen LogP contribution in [-0.4, -0.2) is 43.9 Å². The van der Waals surface area contributed by atoms with Gasteiger partial charge in [0.15, 0.2) is 9.84 Å². The molecule has 1 aromatic heterocycles. The van der Waals surface area contributed by atoms with Crippen LogP contribution in [0, 0.1) is 0 Å². The van der Waals surface area contributed by atoms with Crippen molar-refractivity contribution in [3.8, 4) is 17.1 Å². The van der Waals surface area contributed by atoms with Gasteiger partial charge >= 0.3 is 0 Å². The Kier molecular flexibility index (Phi) is 6.51. The van der Waals surface area contributed by atoms with E-state index in [1.807, 2.05) is 0 Å². The van der Waals surface area contributed by atoms with Crippen molar-refractivity contribution in [2.45, 2.75) is 19.0 Å². The van der Waals surface area contributed by atoms with E-state index in [-0.39, 0.29) is 24.0 Å². The molecule has 32 heavy (non-hydrogen) atoms. The van der Waals surface area contributed by atoms with Crippen LogP contribution < -0.4 is 4.74 Å². The molecule has 0 radical (unpaired) electrons. The SMILES string of the molecule is COc1ccccc1C(=O)N(Cc1ccc(-c2cc(Cl)ccc2Cl)o1)[C@@H]1CCS(=O)(=O)C1. The largest absolute Gasteiger partial charge is 0.496 e. The molecule has 0 aliphatic carbocycles. The fourth-order valence-electron chi connectivity index (χ4n) is 3.83. The van der Waals surface area contributed by atoms with E-state index in [1.165, 1.54) is 7.11 Å². The number of nitrogens with zero attached hydrogens (tertiary/aromatic N) is 1. The van der Waals surface area contributed by atoms with Crippen LogP contribution in [0.25, 0.3) is 11.3 Å². The lowest BCUT2D eigenvalue weighted by atomic mass is 10.1. The summed E-state index contributed by atoms with van der Waals surface area (Å²) in [6.45, 7) is 0.106. The summed E-state index contributed by atoms with van der Waals surface area (Å²) in [6.07, 6.45) is 0.372. The summed E-state index contributed by atoms with van der Waals surface area (Å²) < 4.78 is 35.6. The minimum absolute atomic E-state index is 0.0505. The number of hydrogen-bond donors (Lipinski definition) is 0. The summed E-state index contributed by atoms with van der Waals surface area (Å²) in [7, 11) is -1.71. The van der Waals surface area contributed by atoms with E-state index in [1.54, 1.807) is 59.5 Å². The number of para-hydroxylation sites is 1. The van der Waals surface area contributed by atoms with Crippen molar-refractivity contribution in [2.24, 2.45) is 0 Å². The van der Waals surface area contributed by atoms with Crippen LogP contribution >= 0.6 is 23.2 Å². The third-order valence-electron chi connectivity index (χ3n) is 5.43.